The lowest BCUT2D eigenvalue weighted by molar-refractivity contribution is -0.385. The summed E-state index contributed by atoms with van der Waals surface area (Å²) in [7, 11) is -3.86. The molecule has 0 unspecified atom stereocenters. The number of hydrogen-bond acceptors (Lipinski definition) is 5. The third-order valence-electron chi connectivity index (χ3n) is 5.09. The highest BCUT2D eigenvalue weighted by atomic mass is 32.2. The Morgan fingerprint density at radius 2 is 1.75 bits per heavy atom. The van der Waals surface area contributed by atoms with Crippen molar-refractivity contribution in [3.8, 4) is 0 Å². The van der Waals surface area contributed by atoms with Gasteiger partial charge in [-0.25, -0.2) is 13.1 Å². The molecule has 28 heavy (non-hydrogen) atoms. The van der Waals surface area contributed by atoms with Crippen LogP contribution < -0.4 is 4.72 Å². The lowest BCUT2D eigenvalue weighted by atomic mass is 10.1. The monoisotopic (exact) mass is 403 g/mol. The first-order valence-electron chi connectivity index (χ1n) is 9.41. The van der Waals surface area contributed by atoms with Crippen LogP contribution in [-0.2, 0) is 23.1 Å². The molecular weight excluding hydrogens is 378 g/mol. The maximum atomic E-state index is 12.8. The molecule has 0 bridgehead atoms. The van der Waals surface area contributed by atoms with E-state index in [9.17, 15) is 18.5 Å². The van der Waals surface area contributed by atoms with Crippen LogP contribution >= 0.6 is 0 Å². The zero-order valence-corrected chi connectivity index (χ0v) is 16.7. The van der Waals surface area contributed by atoms with Gasteiger partial charge in [-0.2, -0.15) is 0 Å². The normalized spacial score (nSPS) is 15.5. The van der Waals surface area contributed by atoms with Crippen LogP contribution in [0.5, 0.6) is 0 Å². The molecule has 8 heteroatoms. The molecule has 1 fully saturated rings. The van der Waals surface area contributed by atoms with Gasteiger partial charge >= 0.3 is 0 Å². The first kappa shape index (κ1) is 20.4. The van der Waals surface area contributed by atoms with E-state index in [0.29, 0.717) is 5.56 Å². The average Bonchev–Trinajstić information content (AvgIpc) is 2.68. The van der Waals surface area contributed by atoms with Crippen LogP contribution in [0.15, 0.2) is 47.4 Å². The first-order chi connectivity index (χ1) is 13.4. The maximum absolute atomic E-state index is 12.8. The number of sulfonamides is 1. The van der Waals surface area contributed by atoms with E-state index in [1.54, 1.807) is 6.92 Å². The van der Waals surface area contributed by atoms with Crippen molar-refractivity contribution in [3.05, 3.63) is 69.3 Å². The molecule has 2 aromatic rings. The van der Waals surface area contributed by atoms with E-state index in [4.69, 9.17) is 0 Å². The molecule has 1 saturated heterocycles. The number of rotatable bonds is 7. The standard InChI is InChI=1S/C20H25N3O4S/c1-16-9-10-19(23(24)25)13-20(16)28(26,27)21-14-17-7-3-4-8-18(17)15-22-11-5-2-6-12-22/h3-4,7-10,13,21H,2,5-6,11-12,14-15H2,1H3. The summed E-state index contributed by atoms with van der Waals surface area (Å²) in [5, 5.41) is 11.0. The highest BCUT2D eigenvalue weighted by Crippen LogP contribution is 2.22. The maximum Gasteiger partial charge on any atom is 0.270 e. The van der Waals surface area contributed by atoms with E-state index in [1.165, 1.54) is 31.4 Å². The Labute approximate surface area is 165 Å². The van der Waals surface area contributed by atoms with Crippen molar-refractivity contribution in [3.63, 3.8) is 0 Å². The molecule has 2 aromatic carbocycles. The first-order valence-corrected chi connectivity index (χ1v) is 10.9. The summed E-state index contributed by atoms with van der Waals surface area (Å²) in [6, 6.07) is 11.7. The summed E-state index contributed by atoms with van der Waals surface area (Å²) in [5.41, 5.74) is 2.25. The lowest BCUT2D eigenvalue weighted by Crippen LogP contribution is -2.30. The fourth-order valence-electron chi connectivity index (χ4n) is 3.48. The van der Waals surface area contributed by atoms with Crippen molar-refractivity contribution >= 4 is 15.7 Å². The van der Waals surface area contributed by atoms with Crippen molar-refractivity contribution in [2.75, 3.05) is 13.1 Å². The van der Waals surface area contributed by atoms with Gasteiger partial charge in [0, 0.05) is 25.2 Å². The minimum absolute atomic E-state index is 0.0600. The van der Waals surface area contributed by atoms with E-state index >= 15 is 0 Å². The van der Waals surface area contributed by atoms with Gasteiger partial charge in [0.2, 0.25) is 10.0 Å². The molecule has 0 aliphatic carbocycles. The van der Waals surface area contributed by atoms with Crippen LogP contribution in [0, 0.1) is 17.0 Å². The average molecular weight is 404 g/mol. The van der Waals surface area contributed by atoms with Crippen molar-refractivity contribution in [1.29, 1.82) is 0 Å². The Bertz CT molecular complexity index is 954. The fraction of sp³-hybridized carbons (Fsp3) is 0.400. The zero-order chi connectivity index (χ0) is 20.1. The highest BCUT2D eigenvalue weighted by Gasteiger charge is 2.21. The fourth-order valence-corrected chi connectivity index (χ4v) is 4.75. The topological polar surface area (TPSA) is 92.5 Å². The van der Waals surface area contributed by atoms with Crippen LogP contribution in [0.25, 0.3) is 0 Å². The molecule has 1 N–H and O–H groups in total. The number of nitro groups is 1. The number of nitrogens with one attached hydrogen (secondary N) is 1. The molecular formula is C20H25N3O4S. The van der Waals surface area contributed by atoms with Gasteiger partial charge in [-0.3, -0.25) is 15.0 Å². The number of benzene rings is 2. The Balaban J connectivity index is 1.76. The third kappa shape index (κ3) is 4.95. The summed E-state index contributed by atoms with van der Waals surface area (Å²) >= 11 is 0. The van der Waals surface area contributed by atoms with Crippen molar-refractivity contribution < 1.29 is 13.3 Å². The molecule has 0 saturated carbocycles. The highest BCUT2D eigenvalue weighted by molar-refractivity contribution is 7.89. The summed E-state index contributed by atoms with van der Waals surface area (Å²) in [4.78, 5) is 12.7. The van der Waals surface area contributed by atoms with E-state index in [0.717, 1.165) is 36.8 Å². The van der Waals surface area contributed by atoms with E-state index in [-0.39, 0.29) is 17.1 Å². The number of hydrogen-bond donors (Lipinski definition) is 1. The molecule has 0 radical (unpaired) electrons. The zero-order valence-electron chi connectivity index (χ0n) is 15.9. The van der Waals surface area contributed by atoms with Crippen molar-refractivity contribution in [2.45, 2.75) is 44.2 Å². The molecule has 150 valence electrons. The van der Waals surface area contributed by atoms with Crippen LogP contribution in [0.3, 0.4) is 0 Å². The summed E-state index contributed by atoms with van der Waals surface area (Å²) < 4.78 is 28.1. The summed E-state index contributed by atoms with van der Waals surface area (Å²) in [6.45, 7) is 4.70. The molecule has 1 aliphatic heterocycles. The number of piperidine rings is 1. The van der Waals surface area contributed by atoms with Gasteiger partial charge in [0.1, 0.15) is 0 Å². The second-order valence-corrected chi connectivity index (χ2v) is 8.87. The van der Waals surface area contributed by atoms with Crippen molar-refractivity contribution in [2.24, 2.45) is 0 Å². The van der Waals surface area contributed by atoms with Gasteiger partial charge in [0.25, 0.3) is 5.69 Å². The van der Waals surface area contributed by atoms with E-state index in [2.05, 4.69) is 9.62 Å². The van der Waals surface area contributed by atoms with Gasteiger partial charge in [-0.1, -0.05) is 36.8 Å². The van der Waals surface area contributed by atoms with Crippen LogP contribution in [0.1, 0.15) is 36.0 Å². The predicted octanol–water partition coefficient (Wildman–Crippen LogP) is 3.37. The largest absolute Gasteiger partial charge is 0.299 e. The van der Waals surface area contributed by atoms with Crippen molar-refractivity contribution in [1.82, 2.24) is 9.62 Å². The van der Waals surface area contributed by atoms with Gasteiger partial charge in [-0.05, 0) is 49.5 Å². The molecule has 7 nitrogen and oxygen atoms in total. The number of nitrogens with zero attached hydrogens (tertiary/aromatic N) is 2. The minimum Gasteiger partial charge on any atom is -0.299 e. The molecule has 3 rings (SSSR count). The van der Waals surface area contributed by atoms with Gasteiger partial charge < -0.3 is 0 Å². The molecule has 1 aliphatic rings. The van der Waals surface area contributed by atoms with Gasteiger partial charge in [-0.15, -0.1) is 0 Å². The van der Waals surface area contributed by atoms with Crippen LogP contribution in [0.2, 0.25) is 0 Å². The molecule has 0 amide bonds. The SMILES string of the molecule is Cc1ccc([N+](=O)[O-])cc1S(=O)(=O)NCc1ccccc1CN1CCCCC1. The van der Waals surface area contributed by atoms with E-state index in [1.807, 2.05) is 24.3 Å². The van der Waals surface area contributed by atoms with Gasteiger partial charge in [0.15, 0.2) is 0 Å². The number of nitro benzene ring substituents is 1. The Hall–Kier alpha value is -2.29. The van der Waals surface area contributed by atoms with Crippen LogP contribution in [0.4, 0.5) is 5.69 Å². The Morgan fingerprint density at radius 1 is 1.07 bits per heavy atom. The Kier molecular flexibility index (Phi) is 6.43. The van der Waals surface area contributed by atoms with Crippen LogP contribution in [-0.4, -0.2) is 31.3 Å². The molecule has 0 atom stereocenters. The third-order valence-corrected chi connectivity index (χ3v) is 6.63. The quantitative estimate of drug-likeness (QED) is 0.565. The lowest BCUT2D eigenvalue weighted by Gasteiger charge is -2.27. The second kappa shape index (κ2) is 8.81. The number of likely N-dealkylation sites (tertiary alicyclic amines) is 1. The summed E-state index contributed by atoms with van der Waals surface area (Å²) in [5.74, 6) is 0. The minimum atomic E-state index is -3.86. The van der Waals surface area contributed by atoms with E-state index < -0.39 is 14.9 Å². The number of aryl methyl sites for hydroxylation is 1. The predicted molar refractivity (Wildman–Crippen MR) is 107 cm³/mol. The number of non-ortho nitro benzene ring substituents is 1. The Morgan fingerprint density at radius 3 is 2.43 bits per heavy atom. The van der Waals surface area contributed by atoms with Gasteiger partial charge in [0.05, 0.1) is 9.82 Å². The smallest absolute Gasteiger partial charge is 0.270 e. The summed E-state index contributed by atoms with van der Waals surface area (Å²) in [6.07, 6.45) is 3.65. The molecule has 1 heterocycles. The molecule has 0 spiro atoms. The second-order valence-electron chi connectivity index (χ2n) is 7.14. The molecule has 0 aromatic heterocycles.